The van der Waals surface area contributed by atoms with Gasteiger partial charge in [-0.15, -0.1) is 0 Å². The van der Waals surface area contributed by atoms with Crippen LogP contribution in [0.25, 0.3) is 0 Å². The second-order valence-corrected chi connectivity index (χ2v) is 5.28. The van der Waals surface area contributed by atoms with Gasteiger partial charge in [-0.2, -0.15) is 5.26 Å². The van der Waals surface area contributed by atoms with Gasteiger partial charge >= 0.3 is 0 Å². The predicted molar refractivity (Wildman–Crippen MR) is 71.5 cm³/mol. The summed E-state index contributed by atoms with van der Waals surface area (Å²) in [6.07, 6.45) is 0.0737. The molecule has 0 saturated carbocycles. The van der Waals surface area contributed by atoms with Gasteiger partial charge in [0.25, 0.3) is 0 Å². The Morgan fingerprint density at radius 2 is 2.05 bits per heavy atom. The third-order valence-corrected chi connectivity index (χ3v) is 3.90. The Morgan fingerprint density at radius 1 is 1.37 bits per heavy atom. The van der Waals surface area contributed by atoms with Gasteiger partial charge < -0.3 is 5.32 Å². The summed E-state index contributed by atoms with van der Waals surface area (Å²) in [7, 11) is 0. The standard InChI is InChI=1S/C13H14BrF2N3/c14-9-1-2-10(15)12(13(9)16)11(3-4-17)19-7-5-18-6-8-19/h1-2,11,18H,3,5-8H2/t11-/m1/s1. The minimum absolute atomic E-state index is 0.0159. The first kappa shape index (κ1) is 14.4. The van der Waals surface area contributed by atoms with E-state index in [-0.39, 0.29) is 16.5 Å². The third-order valence-electron chi connectivity index (χ3n) is 3.29. The Bertz CT molecular complexity index is 495. The Kier molecular flexibility index (Phi) is 4.86. The van der Waals surface area contributed by atoms with Crippen molar-refractivity contribution in [2.45, 2.75) is 12.5 Å². The molecule has 1 aliphatic heterocycles. The normalized spacial score (nSPS) is 18.0. The zero-order chi connectivity index (χ0) is 13.8. The first-order valence-corrected chi connectivity index (χ1v) is 6.89. The molecule has 1 aliphatic rings. The van der Waals surface area contributed by atoms with Crippen LogP contribution < -0.4 is 5.32 Å². The number of hydrogen-bond acceptors (Lipinski definition) is 3. The van der Waals surface area contributed by atoms with E-state index in [1.807, 2.05) is 11.0 Å². The van der Waals surface area contributed by atoms with Crippen LogP contribution in [0.1, 0.15) is 18.0 Å². The molecule has 102 valence electrons. The van der Waals surface area contributed by atoms with Gasteiger partial charge in [0.2, 0.25) is 0 Å². The Labute approximate surface area is 119 Å². The van der Waals surface area contributed by atoms with Gasteiger partial charge in [0.1, 0.15) is 11.6 Å². The van der Waals surface area contributed by atoms with Crippen LogP contribution in [0.3, 0.4) is 0 Å². The summed E-state index contributed by atoms with van der Waals surface area (Å²) in [6, 6.07) is 4.06. The second kappa shape index (κ2) is 6.42. The molecule has 0 unspecified atom stereocenters. The van der Waals surface area contributed by atoms with Crippen LogP contribution in [0, 0.1) is 23.0 Å². The molecule has 6 heteroatoms. The highest BCUT2D eigenvalue weighted by molar-refractivity contribution is 9.10. The minimum atomic E-state index is -0.612. The molecule has 0 aliphatic carbocycles. The van der Waals surface area contributed by atoms with Crippen LogP contribution in [0.2, 0.25) is 0 Å². The van der Waals surface area contributed by atoms with E-state index in [0.29, 0.717) is 13.1 Å². The summed E-state index contributed by atoms with van der Waals surface area (Å²) in [5.41, 5.74) is -0.0159. The first-order chi connectivity index (χ1) is 9.15. The van der Waals surface area contributed by atoms with E-state index in [4.69, 9.17) is 5.26 Å². The van der Waals surface area contributed by atoms with E-state index in [9.17, 15) is 8.78 Å². The fourth-order valence-corrected chi connectivity index (χ4v) is 2.69. The van der Waals surface area contributed by atoms with Crippen molar-refractivity contribution in [3.8, 4) is 6.07 Å². The summed E-state index contributed by atoms with van der Waals surface area (Å²) in [6.45, 7) is 2.88. The van der Waals surface area contributed by atoms with Gasteiger partial charge in [0, 0.05) is 31.7 Å². The quantitative estimate of drug-likeness (QED) is 0.866. The van der Waals surface area contributed by atoms with E-state index in [2.05, 4.69) is 21.2 Å². The summed E-state index contributed by atoms with van der Waals surface area (Å²) < 4.78 is 28.3. The first-order valence-electron chi connectivity index (χ1n) is 6.10. The Hall–Kier alpha value is -1.03. The fourth-order valence-electron chi connectivity index (χ4n) is 2.34. The molecule has 2 rings (SSSR count). The zero-order valence-electron chi connectivity index (χ0n) is 10.3. The van der Waals surface area contributed by atoms with Gasteiger partial charge in [-0.05, 0) is 28.1 Å². The number of rotatable bonds is 3. The summed E-state index contributed by atoms with van der Waals surface area (Å²) in [5.74, 6) is -1.21. The van der Waals surface area contributed by atoms with E-state index in [1.165, 1.54) is 12.1 Å². The molecule has 19 heavy (non-hydrogen) atoms. The highest BCUT2D eigenvalue weighted by Crippen LogP contribution is 2.32. The van der Waals surface area contributed by atoms with Crippen LogP contribution in [0.15, 0.2) is 16.6 Å². The average Bonchev–Trinajstić information content (AvgIpc) is 2.43. The maximum Gasteiger partial charge on any atom is 0.145 e. The molecule has 1 atom stereocenters. The number of halogens is 3. The Balaban J connectivity index is 2.38. The molecule has 0 aromatic heterocycles. The maximum absolute atomic E-state index is 14.2. The molecular weight excluding hydrogens is 316 g/mol. The van der Waals surface area contributed by atoms with Crippen molar-refractivity contribution < 1.29 is 8.78 Å². The molecule has 1 aromatic carbocycles. The number of benzene rings is 1. The molecule has 1 fully saturated rings. The van der Waals surface area contributed by atoms with Crippen molar-refractivity contribution in [2.24, 2.45) is 0 Å². The summed E-state index contributed by atoms with van der Waals surface area (Å²) in [4.78, 5) is 1.95. The van der Waals surface area contributed by atoms with E-state index in [1.54, 1.807) is 0 Å². The van der Waals surface area contributed by atoms with Crippen LogP contribution in [0.5, 0.6) is 0 Å². The summed E-state index contributed by atoms with van der Waals surface area (Å²) in [5, 5.41) is 12.1. The van der Waals surface area contributed by atoms with Crippen LogP contribution in [-0.4, -0.2) is 31.1 Å². The van der Waals surface area contributed by atoms with Gasteiger partial charge in [0.15, 0.2) is 0 Å². The van der Waals surface area contributed by atoms with E-state index in [0.717, 1.165) is 13.1 Å². The second-order valence-electron chi connectivity index (χ2n) is 4.42. The Morgan fingerprint density at radius 3 is 2.68 bits per heavy atom. The van der Waals surface area contributed by atoms with E-state index >= 15 is 0 Å². The molecule has 1 heterocycles. The van der Waals surface area contributed by atoms with Gasteiger partial charge in [-0.25, -0.2) is 8.78 Å². The lowest BCUT2D eigenvalue weighted by molar-refractivity contribution is 0.169. The molecule has 0 amide bonds. The highest BCUT2D eigenvalue weighted by Gasteiger charge is 2.28. The number of nitrogens with one attached hydrogen (secondary N) is 1. The maximum atomic E-state index is 14.2. The molecule has 0 radical (unpaired) electrons. The van der Waals surface area contributed by atoms with Gasteiger partial charge in [-0.1, -0.05) is 0 Å². The van der Waals surface area contributed by atoms with Crippen molar-refractivity contribution in [3.63, 3.8) is 0 Å². The van der Waals surface area contributed by atoms with Gasteiger partial charge in [-0.3, -0.25) is 4.90 Å². The fraction of sp³-hybridized carbons (Fsp3) is 0.462. The number of piperazine rings is 1. The van der Waals surface area contributed by atoms with Crippen LogP contribution in [-0.2, 0) is 0 Å². The molecule has 1 N–H and O–H groups in total. The lowest BCUT2D eigenvalue weighted by Gasteiger charge is -2.34. The molecule has 0 spiro atoms. The topological polar surface area (TPSA) is 39.1 Å². The zero-order valence-corrected chi connectivity index (χ0v) is 11.9. The lowest BCUT2D eigenvalue weighted by atomic mass is 10.0. The van der Waals surface area contributed by atoms with Crippen molar-refractivity contribution in [2.75, 3.05) is 26.2 Å². The van der Waals surface area contributed by atoms with Crippen molar-refractivity contribution in [1.82, 2.24) is 10.2 Å². The van der Waals surface area contributed by atoms with Crippen molar-refractivity contribution in [1.29, 1.82) is 5.26 Å². The van der Waals surface area contributed by atoms with Crippen molar-refractivity contribution >= 4 is 15.9 Å². The molecule has 1 saturated heterocycles. The SMILES string of the molecule is N#CC[C@H](c1c(F)ccc(Br)c1F)N1CCNCC1. The van der Waals surface area contributed by atoms with Crippen LogP contribution >= 0.6 is 15.9 Å². The lowest BCUT2D eigenvalue weighted by Crippen LogP contribution is -2.45. The third kappa shape index (κ3) is 3.11. The van der Waals surface area contributed by atoms with Gasteiger partial charge in [0.05, 0.1) is 23.0 Å². The number of nitriles is 1. The average molecular weight is 330 g/mol. The number of hydrogen-bond donors (Lipinski definition) is 1. The smallest absolute Gasteiger partial charge is 0.145 e. The highest BCUT2D eigenvalue weighted by atomic mass is 79.9. The van der Waals surface area contributed by atoms with E-state index < -0.39 is 17.7 Å². The predicted octanol–water partition coefficient (Wildman–Crippen LogP) is 2.59. The molecule has 1 aromatic rings. The minimum Gasteiger partial charge on any atom is -0.314 e. The molecule has 0 bridgehead atoms. The molecular formula is C13H14BrF2N3. The monoisotopic (exact) mass is 329 g/mol. The van der Waals surface area contributed by atoms with Crippen molar-refractivity contribution in [3.05, 3.63) is 33.8 Å². The number of nitrogens with zero attached hydrogens (tertiary/aromatic N) is 2. The van der Waals surface area contributed by atoms with Crippen LogP contribution in [0.4, 0.5) is 8.78 Å². The largest absolute Gasteiger partial charge is 0.314 e. The molecule has 3 nitrogen and oxygen atoms in total. The summed E-state index contributed by atoms with van der Waals surface area (Å²) >= 11 is 3.07.